The highest BCUT2D eigenvalue weighted by molar-refractivity contribution is 5.90. The lowest BCUT2D eigenvalue weighted by molar-refractivity contribution is 0.0526. The number of carbonyl (C=O) groups is 1. The predicted octanol–water partition coefficient (Wildman–Crippen LogP) is 7.52. The van der Waals surface area contributed by atoms with Gasteiger partial charge >= 0.3 is 5.97 Å². The van der Waals surface area contributed by atoms with Crippen LogP contribution in [-0.4, -0.2) is 24.3 Å². The average molecular weight is 508 g/mol. The van der Waals surface area contributed by atoms with Crippen molar-refractivity contribution in [2.24, 2.45) is 0 Å². The van der Waals surface area contributed by atoms with E-state index in [0.29, 0.717) is 28.1 Å². The molecule has 0 bridgehead atoms. The number of carbonyl (C=O) groups excluding carboxylic acids is 1. The Morgan fingerprint density at radius 1 is 0.919 bits per heavy atom. The van der Waals surface area contributed by atoms with E-state index in [1.807, 2.05) is 43.5 Å². The molecule has 0 radical (unpaired) electrons. The van der Waals surface area contributed by atoms with Gasteiger partial charge in [0.25, 0.3) is 0 Å². The van der Waals surface area contributed by atoms with Crippen LogP contribution in [0.2, 0.25) is 0 Å². The van der Waals surface area contributed by atoms with Gasteiger partial charge in [0.15, 0.2) is 11.6 Å². The molecule has 0 saturated carbocycles. The minimum absolute atomic E-state index is 0.0809. The number of aromatic nitrogens is 1. The van der Waals surface area contributed by atoms with Crippen LogP contribution in [0.3, 0.4) is 0 Å². The third-order valence-electron chi connectivity index (χ3n) is 5.52. The fraction of sp³-hybridized carbons (Fsp3) is 0.233. The van der Waals surface area contributed by atoms with Gasteiger partial charge in [0.2, 0.25) is 0 Å². The Morgan fingerprint density at radius 2 is 1.68 bits per heavy atom. The Labute approximate surface area is 216 Å². The molecule has 4 aromatic rings. The van der Waals surface area contributed by atoms with Crippen LogP contribution in [0.15, 0.2) is 72.8 Å². The van der Waals surface area contributed by atoms with Crippen LogP contribution in [0.4, 0.5) is 8.78 Å². The van der Waals surface area contributed by atoms with Crippen molar-refractivity contribution in [3.8, 4) is 28.4 Å². The smallest absolute Gasteiger partial charge is 0.338 e. The molecule has 7 heteroatoms. The first kappa shape index (κ1) is 27.5. The van der Waals surface area contributed by atoms with Crippen LogP contribution < -0.4 is 9.47 Å². The summed E-state index contributed by atoms with van der Waals surface area (Å²) in [6.45, 7) is 8.03. The van der Waals surface area contributed by atoms with Crippen LogP contribution in [0.1, 0.15) is 42.4 Å². The number of halogens is 2. The second-order valence-corrected chi connectivity index (χ2v) is 7.86. The lowest BCUT2D eigenvalue weighted by Crippen LogP contribution is -2.07. The number of benzene rings is 3. The van der Waals surface area contributed by atoms with Gasteiger partial charge in [0, 0.05) is 16.9 Å². The molecule has 0 amide bonds. The summed E-state index contributed by atoms with van der Waals surface area (Å²) in [4.78, 5) is 12.3. The maximum atomic E-state index is 14.3. The van der Waals surface area contributed by atoms with Crippen molar-refractivity contribution in [1.29, 1.82) is 0 Å². The highest BCUT2D eigenvalue weighted by Crippen LogP contribution is 2.35. The normalized spacial score (nSPS) is 10.4. The molecule has 1 aromatic heterocycles. The molecule has 194 valence electrons. The van der Waals surface area contributed by atoms with Crippen molar-refractivity contribution in [2.75, 3.05) is 13.7 Å². The van der Waals surface area contributed by atoms with Crippen molar-refractivity contribution < 1.29 is 27.8 Å². The van der Waals surface area contributed by atoms with E-state index in [0.717, 1.165) is 11.4 Å². The molecule has 0 saturated heterocycles. The van der Waals surface area contributed by atoms with E-state index in [2.05, 4.69) is 0 Å². The minimum atomic E-state index is -0.487. The first-order valence-corrected chi connectivity index (χ1v) is 12.1. The van der Waals surface area contributed by atoms with Gasteiger partial charge < -0.3 is 18.8 Å². The fourth-order valence-electron chi connectivity index (χ4n) is 3.87. The van der Waals surface area contributed by atoms with Crippen LogP contribution >= 0.6 is 0 Å². The quantitative estimate of drug-likeness (QED) is 0.232. The van der Waals surface area contributed by atoms with Crippen LogP contribution in [-0.2, 0) is 11.3 Å². The number of hydrogen-bond donors (Lipinski definition) is 0. The van der Waals surface area contributed by atoms with Gasteiger partial charge in [-0.15, -0.1) is 0 Å². The van der Waals surface area contributed by atoms with E-state index < -0.39 is 17.6 Å². The zero-order valence-electron chi connectivity index (χ0n) is 21.7. The Morgan fingerprint density at radius 3 is 2.38 bits per heavy atom. The molecule has 0 aliphatic carbocycles. The van der Waals surface area contributed by atoms with Gasteiger partial charge in [-0.1, -0.05) is 26.0 Å². The molecule has 0 aliphatic rings. The zero-order chi connectivity index (χ0) is 26.9. The molecule has 1 heterocycles. The zero-order valence-corrected chi connectivity index (χ0v) is 21.7. The molecule has 5 nitrogen and oxygen atoms in total. The monoisotopic (exact) mass is 507 g/mol. The van der Waals surface area contributed by atoms with Crippen molar-refractivity contribution in [2.45, 2.75) is 34.3 Å². The van der Waals surface area contributed by atoms with E-state index >= 15 is 0 Å². The molecule has 0 atom stereocenters. The third kappa shape index (κ3) is 6.36. The lowest BCUT2D eigenvalue weighted by atomic mass is 10.1. The van der Waals surface area contributed by atoms with Crippen molar-refractivity contribution in [1.82, 2.24) is 4.57 Å². The number of ether oxygens (including phenoxy) is 3. The molecule has 3 aromatic carbocycles. The van der Waals surface area contributed by atoms with E-state index in [4.69, 9.17) is 14.2 Å². The highest BCUT2D eigenvalue weighted by Gasteiger charge is 2.17. The van der Waals surface area contributed by atoms with E-state index in [1.165, 1.54) is 31.4 Å². The van der Waals surface area contributed by atoms with Crippen LogP contribution in [0.25, 0.3) is 16.9 Å². The standard InChI is InChI=1S/C28H25F2NO4.C2H6/c1-4-34-28(32)20-6-5-7-22(15-20)31-18(2)8-11-25(31)23-16-21(29)10-13-26(23)35-17-19-9-12-27(33-3)24(30)14-19;1-2/h5-16H,4,17H2,1-3H3;1-2H3. The Hall–Kier alpha value is -4.13. The molecule has 0 N–H and O–H groups in total. The highest BCUT2D eigenvalue weighted by atomic mass is 19.1. The summed E-state index contributed by atoms with van der Waals surface area (Å²) in [5, 5.41) is 0. The summed E-state index contributed by atoms with van der Waals surface area (Å²) in [7, 11) is 1.40. The number of methoxy groups -OCH3 is 1. The van der Waals surface area contributed by atoms with Crippen LogP contribution in [0, 0.1) is 18.6 Å². The molecule has 0 aliphatic heterocycles. The van der Waals surface area contributed by atoms with Crippen molar-refractivity contribution >= 4 is 5.97 Å². The largest absolute Gasteiger partial charge is 0.494 e. The Kier molecular flexibility index (Phi) is 9.44. The number of esters is 1. The SMILES string of the molecule is CC.CCOC(=O)c1cccc(-n2c(C)ccc2-c2cc(F)ccc2OCc2ccc(OC)c(F)c2)c1. The minimum Gasteiger partial charge on any atom is -0.494 e. The number of nitrogens with zero attached hydrogens (tertiary/aromatic N) is 1. The first-order chi connectivity index (χ1) is 17.9. The molecule has 0 fully saturated rings. The Balaban J connectivity index is 0.00000186. The maximum absolute atomic E-state index is 14.3. The molecule has 4 rings (SSSR count). The van der Waals surface area contributed by atoms with Crippen LogP contribution in [0.5, 0.6) is 11.5 Å². The Bertz CT molecular complexity index is 1360. The predicted molar refractivity (Wildman–Crippen MR) is 140 cm³/mol. The van der Waals surface area contributed by atoms with Crippen molar-refractivity contribution in [3.63, 3.8) is 0 Å². The van der Waals surface area contributed by atoms with Gasteiger partial charge in [-0.2, -0.15) is 0 Å². The summed E-state index contributed by atoms with van der Waals surface area (Å²) in [6, 6.07) is 19.6. The van der Waals surface area contributed by atoms with Gasteiger partial charge in [-0.3, -0.25) is 0 Å². The molecular weight excluding hydrogens is 476 g/mol. The topological polar surface area (TPSA) is 49.7 Å². The number of hydrogen-bond acceptors (Lipinski definition) is 4. The molecular formula is C30H31F2NO4. The summed E-state index contributed by atoms with van der Waals surface area (Å²) >= 11 is 0. The lowest BCUT2D eigenvalue weighted by Gasteiger charge is -2.17. The summed E-state index contributed by atoms with van der Waals surface area (Å²) < 4.78 is 46.4. The van der Waals surface area contributed by atoms with Gasteiger partial charge in [0.05, 0.1) is 25.0 Å². The molecule has 0 spiro atoms. The maximum Gasteiger partial charge on any atom is 0.338 e. The van der Waals surface area contributed by atoms with E-state index in [9.17, 15) is 13.6 Å². The first-order valence-electron chi connectivity index (χ1n) is 12.1. The number of aryl methyl sites for hydroxylation is 1. The second-order valence-electron chi connectivity index (χ2n) is 7.86. The summed E-state index contributed by atoms with van der Waals surface area (Å²) in [6.07, 6.45) is 0. The third-order valence-corrected chi connectivity index (χ3v) is 5.52. The van der Waals surface area contributed by atoms with Crippen molar-refractivity contribution in [3.05, 3.63) is 101 Å². The summed E-state index contributed by atoms with van der Waals surface area (Å²) in [5.41, 5.74) is 3.83. The van der Waals surface area contributed by atoms with Gasteiger partial charge in [0.1, 0.15) is 18.2 Å². The van der Waals surface area contributed by atoms with E-state index in [1.54, 1.807) is 37.3 Å². The summed E-state index contributed by atoms with van der Waals surface area (Å²) in [5.74, 6) is -0.743. The molecule has 37 heavy (non-hydrogen) atoms. The second kappa shape index (κ2) is 12.7. The fourth-order valence-corrected chi connectivity index (χ4v) is 3.87. The average Bonchev–Trinajstić information content (AvgIpc) is 3.30. The van der Waals surface area contributed by atoms with Gasteiger partial charge in [-0.25, -0.2) is 13.6 Å². The number of rotatable bonds is 8. The van der Waals surface area contributed by atoms with Gasteiger partial charge in [-0.05, 0) is 80.1 Å². The van der Waals surface area contributed by atoms with E-state index in [-0.39, 0.29) is 19.0 Å². The molecule has 0 unspecified atom stereocenters.